The van der Waals surface area contributed by atoms with Gasteiger partial charge in [-0.05, 0) is 0 Å². The molecule has 1 unspecified atom stereocenters. The molecule has 0 aliphatic rings. The summed E-state index contributed by atoms with van der Waals surface area (Å²) in [5, 5.41) is -0.526. The minimum absolute atomic E-state index is 0.0473. The summed E-state index contributed by atoms with van der Waals surface area (Å²) in [5.74, 6) is 0.529. The van der Waals surface area contributed by atoms with Gasteiger partial charge >= 0.3 is 0 Å². The summed E-state index contributed by atoms with van der Waals surface area (Å²) in [6.07, 6.45) is 3.29. The van der Waals surface area contributed by atoms with Crippen molar-refractivity contribution in [2.45, 2.75) is 5.25 Å². The highest BCUT2D eigenvalue weighted by atomic mass is 32.1. The Morgan fingerprint density at radius 2 is 2.07 bits per heavy atom. The number of carbonyl (C=O) groups excluding carboxylic acids is 1. The number of thiol groups is 1. The number of carbonyl (C=O) groups is 1. The number of ketones is 1. The maximum Gasteiger partial charge on any atom is 0.183 e. The van der Waals surface area contributed by atoms with E-state index in [9.17, 15) is 4.79 Å². The van der Waals surface area contributed by atoms with Crippen molar-refractivity contribution in [3.05, 3.63) is 54.1 Å². The molecule has 1 heterocycles. The van der Waals surface area contributed by atoms with E-state index in [0.29, 0.717) is 11.4 Å². The predicted molar refractivity (Wildman–Crippen MR) is 61.1 cm³/mol. The molecule has 1 atom stereocenters. The molecule has 1 aromatic carbocycles. The summed E-state index contributed by atoms with van der Waals surface area (Å²) >= 11 is 4.25. The summed E-state index contributed by atoms with van der Waals surface area (Å²) < 4.78 is 0. The van der Waals surface area contributed by atoms with Crippen molar-refractivity contribution in [2.75, 3.05) is 0 Å². The highest BCUT2D eigenvalue weighted by Gasteiger charge is 2.19. The van der Waals surface area contributed by atoms with Crippen LogP contribution < -0.4 is 0 Å². The van der Waals surface area contributed by atoms with Gasteiger partial charge in [-0.25, -0.2) is 4.98 Å². The fraction of sp³-hybridized carbons (Fsp3) is 0.0909. The molecule has 0 fully saturated rings. The van der Waals surface area contributed by atoms with Gasteiger partial charge in [0.15, 0.2) is 5.78 Å². The van der Waals surface area contributed by atoms with Gasteiger partial charge in [0, 0.05) is 18.0 Å². The minimum atomic E-state index is -0.526. The Labute approximate surface area is 93.0 Å². The third kappa shape index (κ3) is 2.10. The molecule has 0 amide bonds. The van der Waals surface area contributed by atoms with Gasteiger partial charge in [0.1, 0.15) is 11.1 Å². The number of nitrogens with one attached hydrogen (secondary N) is 1. The van der Waals surface area contributed by atoms with E-state index in [1.54, 1.807) is 24.5 Å². The van der Waals surface area contributed by atoms with Crippen molar-refractivity contribution in [3.63, 3.8) is 0 Å². The fourth-order valence-corrected chi connectivity index (χ4v) is 1.60. The Bertz CT molecular complexity index is 439. The van der Waals surface area contributed by atoms with Crippen molar-refractivity contribution in [2.24, 2.45) is 0 Å². The molecule has 0 saturated carbocycles. The zero-order chi connectivity index (χ0) is 10.7. The van der Waals surface area contributed by atoms with Crippen LogP contribution in [0.1, 0.15) is 21.4 Å². The quantitative estimate of drug-likeness (QED) is 0.613. The molecule has 0 aliphatic heterocycles. The Balaban J connectivity index is 2.23. The molecule has 2 rings (SSSR count). The summed E-state index contributed by atoms with van der Waals surface area (Å²) in [6.45, 7) is 0. The maximum atomic E-state index is 11.9. The average molecular weight is 218 g/mol. The van der Waals surface area contributed by atoms with Crippen LogP contribution in [0.2, 0.25) is 0 Å². The minimum Gasteiger partial charge on any atom is -0.347 e. The lowest BCUT2D eigenvalue weighted by atomic mass is 10.1. The monoisotopic (exact) mass is 218 g/mol. The van der Waals surface area contributed by atoms with Crippen LogP contribution in [0.15, 0.2) is 42.7 Å². The van der Waals surface area contributed by atoms with Crippen molar-refractivity contribution < 1.29 is 4.79 Å². The second kappa shape index (κ2) is 4.31. The lowest BCUT2D eigenvalue weighted by Crippen LogP contribution is -2.08. The van der Waals surface area contributed by atoms with Crippen molar-refractivity contribution in [3.8, 4) is 0 Å². The van der Waals surface area contributed by atoms with Gasteiger partial charge in [0.25, 0.3) is 0 Å². The fourth-order valence-electron chi connectivity index (χ4n) is 1.31. The number of imidazole rings is 1. The molecular formula is C11H10N2OS. The van der Waals surface area contributed by atoms with Gasteiger partial charge in [0.2, 0.25) is 0 Å². The van der Waals surface area contributed by atoms with Crippen molar-refractivity contribution in [1.29, 1.82) is 0 Å². The molecule has 4 heteroatoms. The summed E-state index contributed by atoms with van der Waals surface area (Å²) in [4.78, 5) is 18.8. The molecule has 1 N–H and O–H groups in total. The van der Waals surface area contributed by atoms with Crippen LogP contribution in [0, 0.1) is 0 Å². The first-order valence-corrected chi connectivity index (χ1v) is 5.07. The standard InChI is InChI=1S/C11H10N2OS/c14-9(8-4-2-1-3-5-8)10(15)11-12-6-7-13-11/h1-7,10,15H,(H,12,13). The number of benzene rings is 1. The number of rotatable bonds is 3. The van der Waals surface area contributed by atoms with Gasteiger partial charge in [-0.3, -0.25) is 4.79 Å². The topological polar surface area (TPSA) is 45.8 Å². The van der Waals surface area contributed by atoms with Gasteiger partial charge < -0.3 is 4.98 Å². The molecule has 0 saturated heterocycles. The Hall–Kier alpha value is -1.55. The molecule has 0 radical (unpaired) electrons. The summed E-state index contributed by atoms with van der Waals surface area (Å²) in [7, 11) is 0. The number of hydrogen-bond acceptors (Lipinski definition) is 3. The molecule has 1 aromatic heterocycles. The third-order valence-corrected chi connectivity index (χ3v) is 2.56. The molecule has 2 aromatic rings. The number of H-pyrrole nitrogens is 1. The normalized spacial score (nSPS) is 12.3. The van der Waals surface area contributed by atoms with Crippen LogP contribution in [0.5, 0.6) is 0 Å². The second-order valence-corrected chi connectivity index (χ2v) is 3.62. The number of aromatic amines is 1. The molecule has 0 spiro atoms. The molecule has 3 nitrogen and oxygen atoms in total. The zero-order valence-corrected chi connectivity index (χ0v) is 8.82. The Morgan fingerprint density at radius 1 is 1.33 bits per heavy atom. The molecule has 0 aliphatic carbocycles. The van der Waals surface area contributed by atoms with Gasteiger partial charge in [-0.15, -0.1) is 0 Å². The molecular weight excluding hydrogens is 208 g/mol. The lowest BCUT2D eigenvalue weighted by Gasteiger charge is -2.06. The highest BCUT2D eigenvalue weighted by molar-refractivity contribution is 7.81. The van der Waals surface area contributed by atoms with E-state index in [4.69, 9.17) is 0 Å². The third-order valence-electron chi connectivity index (χ3n) is 2.09. The number of hydrogen-bond donors (Lipinski definition) is 2. The van der Waals surface area contributed by atoms with E-state index < -0.39 is 5.25 Å². The first-order valence-electron chi connectivity index (χ1n) is 4.55. The SMILES string of the molecule is O=C(c1ccccc1)C(S)c1ncc[nH]1. The maximum absolute atomic E-state index is 11.9. The molecule has 76 valence electrons. The van der Waals surface area contributed by atoms with Crippen LogP contribution in [0.4, 0.5) is 0 Å². The number of nitrogens with zero attached hydrogens (tertiary/aromatic N) is 1. The largest absolute Gasteiger partial charge is 0.347 e. The van der Waals surface area contributed by atoms with Gasteiger partial charge in [0.05, 0.1) is 0 Å². The van der Waals surface area contributed by atoms with E-state index in [1.807, 2.05) is 18.2 Å². The zero-order valence-electron chi connectivity index (χ0n) is 7.92. The number of aromatic nitrogens is 2. The average Bonchev–Trinajstić information content (AvgIpc) is 2.82. The van der Waals surface area contributed by atoms with E-state index in [0.717, 1.165) is 0 Å². The van der Waals surface area contributed by atoms with Crippen LogP contribution in [0.3, 0.4) is 0 Å². The van der Waals surface area contributed by atoms with Gasteiger partial charge in [-0.1, -0.05) is 30.3 Å². The van der Waals surface area contributed by atoms with Crippen LogP contribution in [0.25, 0.3) is 0 Å². The number of Topliss-reactive ketones (excluding diaryl/α,β-unsaturated/α-hetero) is 1. The van der Waals surface area contributed by atoms with E-state index >= 15 is 0 Å². The lowest BCUT2D eigenvalue weighted by molar-refractivity contribution is 0.0988. The van der Waals surface area contributed by atoms with Crippen LogP contribution in [-0.4, -0.2) is 15.8 Å². The first kappa shape index (κ1) is 9.98. The predicted octanol–water partition coefficient (Wildman–Crippen LogP) is 2.26. The van der Waals surface area contributed by atoms with E-state index in [2.05, 4.69) is 22.6 Å². The highest BCUT2D eigenvalue weighted by Crippen LogP contribution is 2.20. The second-order valence-electron chi connectivity index (χ2n) is 3.11. The molecule has 15 heavy (non-hydrogen) atoms. The van der Waals surface area contributed by atoms with Crippen molar-refractivity contribution in [1.82, 2.24) is 9.97 Å². The van der Waals surface area contributed by atoms with E-state index in [-0.39, 0.29) is 5.78 Å². The summed E-state index contributed by atoms with van der Waals surface area (Å²) in [5.41, 5.74) is 0.647. The Morgan fingerprint density at radius 3 is 2.67 bits per heavy atom. The van der Waals surface area contributed by atoms with Crippen LogP contribution >= 0.6 is 12.6 Å². The van der Waals surface area contributed by atoms with Gasteiger partial charge in [-0.2, -0.15) is 12.6 Å². The van der Waals surface area contributed by atoms with Crippen LogP contribution in [-0.2, 0) is 0 Å². The first-order chi connectivity index (χ1) is 7.29. The smallest absolute Gasteiger partial charge is 0.183 e. The van der Waals surface area contributed by atoms with Crippen molar-refractivity contribution >= 4 is 18.4 Å². The summed E-state index contributed by atoms with van der Waals surface area (Å²) in [6, 6.07) is 9.08. The van der Waals surface area contributed by atoms with E-state index in [1.165, 1.54) is 0 Å². The Kier molecular flexibility index (Phi) is 2.87. The molecule has 0 bridgehead atoms.